The van der Waals surface area contributed by atoms with Crippen LogP contribution in [0.5, 0.6) is 0 Å². The highest BCUT2D eigenvalue weighted by atomic mass is 32.2. The summed E-state index contributed by atoms with van der Waals surface area (Å²) in [7, 11) is 0. The highest BCUT2D eigenvalue weighted by Gasteiger charge is 2.00. The topological polar surface area (TPSA) is 0 Å². The number of hydrogen-bond donors (Lipinski definition) is 0. The predicted octanol–water partition coefficient (Wildman–Crippen LogP) is 3.61. The minimum Gasteiger partial charge on any atom is -0.124 e. The van der Waals surface area contributed by atoms with Gasteiger partial charge in [0.1, 0.15) is 0 Å². The second-order valence-electron chi connectivity index (χ2n) is 1.99. The van der Waals surface area contributed by atoms with Crippen LogP contribution < -0.4 is 0 Å². The molecule has 1 unspecified atom stereocenters. The number of hydrogen-bond acceptors (Lipinski definition) is 1. The molecule has 0 aliphatic carbocycles. The molecule has 0 aromatic heterocycles. The minimum absolute atomic E-state index is 0.681. The van der Waals surface area contributed by atoms with E-state index in [0.29, 0.717) is 5.25 Å². The summed E-state index contributed by atoms with van der Waals surface area (Å²) in [5.41, 5.74) is 0. The second kappa shape index (κ2) is 5.60. The van der Waals surface area contributed by atoms with Gasteiger partial charge in [0.25, 0.3) is 0 Å². The largest absolute Gasteiger partial charge is 0.124 e. The van der Waals surface area contributed by atoms with Gasteiger partial charge < -0.3 is 0 Å². The van der Waals surface area contributed by atoms with E-state index in [0.717, 1.165) is 0 Å². The Morgan fingerprint density at radius 1 is 1.40 bits per heavy atom. The van der Waals surface area contributed by atoms with Crippen molar-refractivity contribution in [1.82, 2.24) is 0 Å². The van der Waals surface area contributed by atoms with Gasteiger partial charge in [-0.2, -0.15) is 0 Å². The third-order valence-electron chi connectivity index (χ3n) is 1.08. The number of allylic oxidation sites excluding steroid dienone is 3. The molecule has 1 heterocycles. The normalized spacial score (nSPS) is 22.8. The van der Waals surface area contributed by atoms with Gasteiger partial charge in [-0.15, -0.1) is 11.8 Å². The van der Waals surface area contributed by atoms with Crippen molar-refractivity contribution in [1.29, 1.82) is 0 Å². The molecule has 0 saturated carbocycles. The lowest BCUT2D eigenvalue weighted by molar-refractivity contribution is 1.24. The van der Waals surface area contributed by atoms with Crippen molar-refractivity contribution in [3.05, 3.63) is 23.1 Å². The summed E-state index contributed by atoms with van der Waals surface area (Å²) in [6.45, 7) is 8.35. The smallest absolute Gasteiger partial charge is 0.0245 e. The molecule has 0 saturated heterocycles. The Kier molecular flexibility index (Phi) is 5.51. The fraction of sp³-hybridized carbons (Fsp3) is 0.556. The fourth-order valence-corrected chi connectivity index (χ4v) is 1.63. The molecule has 0 bridgehead atoms. The number of thioether (sulfide) groups is 1. The highest BCUT2D eigenvalue weighted by molar-refractivity contribution is 8.03. The van der Waals surface area contributed by atoms with Crippen molar-refractivity contribution in [2.45, 2.75) is 32.9 Å². The van der Waals surface area contributed by atoms with Gasteiger partial charge >= 0.3 is 0 Å². The maximum Gasteiger partial charge on any atom is 0.0245 e. The average molecular weight is 156 g/mol. The van der Waals surface area contributed by atoms with E-state index in [9.17, 15) is 0 Å². The Labute approximate surface area is 68.4 Å². The molecule has 0 amide bonds. The van der Waals surface area contributed by atoms with E-state index >= 15 is 0 Å². The molecule has 0 fully saturated rings. The van der Waals surface area contributed by atoms with Crippen LogP contribution in [0.4, 0.5) is 0 Å². The van der Waals surface area contributed by atoms with Crippen molar-refractivity contribution in [2.24, 2.45) is 0 Å². The van der Waals surface area contributed by atoms with E-state index in [1.165, 1.54) is 4.91 Å². The molecule has 0 N–H and O–H groups in total. The summed E-state index contributed by atoms with van der Waals surface area (Å²) in [6.07, 6.45) is 6.47. The van der Waals surface area contributed by atoms with E-state index < -0.39 is 0 Å². The van der Waals surface area contributed by atoms with Crippen LogP contribution in [0.3, 0.4) is 0 Å². The van der Waals surface area contributed by atoms with Gasteiger partial charge in [-0.05, 0) is 18.8 Å². The van der Waals surface area contributed by atoms with Gasteiger partial charge in [-0.25, -0.2) is 0 Å². The van der Waals surface area contributed by atoms with E-state index in [2.05, 4.69) is 32.1 Å². The molecular formula is C9H16S. The summed E-state index contributed by atoms with van der Waals surface area (Å²) in [6, 6.07) is 0. The lowest BCUT2D eigenvalue weighted by Gasteiger charge is -2.08. The quantitative estimate of drug-likeness (QED) is 0.516. The van der Waals surface area contributed by atoms with Crippen molar-refractivity contribution >= 4 is 11.8 Å². The Morgan fingerprint density at radius 2 is 2.00 bits per heavy atom. The Balaban J connectivity index is 0.000000371. The summed E-state index contributed by atoms with van der Waals surface area (Å²) in [5, 5.41) is 0.681. The summed E-state index contributed by atoms with van der Waals surface area (Å²) < 4.78 is 0. The monoisotopic (exact) mass is 156 g/mol. The zero-order valence-corrected chi connectivity index (χ0v) is 8.03. The van der Waals surface area contributed by atoms with Gasteiger partial charge in [0.15, 0.2) is 0 Å². The van der Waals surface area contributed by atoms with E-state index in [1.807, 2.05) is 25.6 Å². The SMILES string of the molecule is CC.CC1=CC=CC(C)S1. The van der Waals surface area contributed by atoms with Crippen LogP contribution in [0, 0.1) is 0 Å². The van der Waals surface area contributed by atoms with Crippen LogP contribution in [0.2, 0.25) is 0 Å². The van der Waals surface area contributed by atoms with Crippen LogP contribution in [-0.2, 0) is 0 Å². The molecule has 10 heavy (non-hydrogen) atoms. The lowest BCUT2D eigenvalue weighted by atomic mass is 10.4. The zero-order chi connectivity index (χ0) is 7.98. The zero-order valence-electron chi connectivity index (χ0n) is 7.22. The molecule has 0 radical (unpaired) electrons. The van der Waals surface area contributed by atoms with Crippen molar-refractivity contribution in [3.8, 4) is 0 Å². The summed E-state index contributed by atoms with van der Waals surface area (Å²) in [4.78, 5) is 1.42. The van der Waals surface area contributed by atoms with Gasteiger partial charge in [-0.1, -0.05) is 32.1 Å². The Bertz CT molecular complexity index is 134. The van der Waals surface area contributed by atoms with E-state index in [1.54, 1.807) is 0 Å². The van der Waals surface area contributed by atoms with Gasteiger partial charge in [0.05, 0.1) is 0 Å². The molecule has 1 aliphatic heterocycles. The molecule has 0 aromatic carbocycles. The molecule has 0 nitrogen and oxygen atoms in total. The molecule has 1 heteroatoms. The first-order valence-electron chi connectivity index (χ1n) is 3.81. The van der Waals surface area contributed by atoms with Crippen molar-refractivity contribution in [2.75, 3.05) is 0 Å². The minimum atomic E-state index is 0.681. The first kappa shape index (κ1) is 9.83. The molecular weight excluding hydrogens is 140 g/mol. The van der Waals surface area contributed by atoms with Crippen LogP contribution in [0.25, 0.3) is 0 Å². The molecule has 0 aromatic rings. The van der Waals surface area contributed by atoms with Crippen molar-refractivity contribution in [3.63, 3.8) is 0 Å². The highest BCUT2D eigenvalue weighted by Crippen LogP contribution is 2.24. The summed E-state index contributed by atoms with van der Waals surface area (Å²) >= 11 is 1.92. The Hall–Kier alpha value is -0.170. The van der Waals surface area contributed by atoms with Crippen LogP contribution in [-0.4, -0.2) is 5.25 Å². The van der Waals surface area contributed by atoms with Crippen molar-refractivity contribution < 1.29 is 0 Å². The second-order valence-corrected chi connectivity index (χ2v) is 3.61. The third-order valence-corrected chi connectivity index (χ3v) is 2.12. The average Bonchev–Trinajstić information content (AvgIpc) is 1.91. The maximum atomic E-state index is 2.21. The van der Waals surface area contributed by atoms with Gasteiger partial charge in [0.2, 0.25) is 0 Å². The molecule has 0 spiro atoms. The molecule has 58 valence electrons. The maximum absolute atomic E-state index is 2.21. The first-order valence-corrected chi connectivity index (χ1v) is 4.69. The van der Waals surface area contributed by atoms with Crippen LogP contribution >= 0.6 is 11.8 Å². The predicted molar refractivity (Wildman–Crippen MR) is 51.3 cm³/mol. The third kappa shape index (κ3) is 3.78. The van der Waals surface area contributed by atoms with E-state index in [4.69, 9.17) is 0 Å². The first-order chi connectivity index (χ1) is 4.79. The number of rotatable bonds is 0. The fourth-order valence-electron chi connectivity index (χ4n) is 0.719. The standard InChI is InChI=1S/C7H10S.C2H6/c1-6-4-3-5-7(2)8-6;1-2/h3-6H,1-2H3;1-2H3. The van der Waals surface area contributed by atoms with Crippen LogP contribution in [0.1, 0.15) is 27.7 Å². The summed E-state index contributed by atoms with van der Waals surface area (Å²) in [5.74, 6) is 0. The lowest BCUT2D eigenvalue weighted by Crippen LogP contribution is -1.91. The Morgan fingerprint density at radius 3 is 2.30 bits per heavy atom. The molecule has 1 rings (SSSR count). The van der Waals surface area contributed by atoms with Gasteiger partial charge in [-0.3, -0.25) is 0 Å². The van der Waals surface area contributed by atoms with E-state index in [-0.39, 0.29) is 0 Å². The van der Waals surface area contributed by atoms with Crippen LogP contribution in [0.15, 0.2) is 23.1 Å². The van der Waals surface area contributed by atoms with Gasteiger partial charge in [0, 0.05) is 5.25 Å². The molecule has 1 aliphatic rings. The molecule has 1 atom stereocenters.